The molecule has 1 aliphatic rings. The fourth-order valence-electron chi connectivity index (χ4n) is 3.19. The monoisotopic (exact) mass is 406 g/mol. The molecule has 1 aromatic heterocycles. The number of carbonyl (C=O) groups is 2. The number of thiophene rings is 1. The first kappa shape index (κ1) is 19.7. The van der Waals surface area contributed by atoms with E-state index in [1.807, 2.05) is 6.92 Å². The highest BCUT2D eigenvalue weighted by Gasteiger charge is 2.34. The number of hydrogen-bond acceptors (Lipinski definition) is 5. The second kappa shape index (κ2) is 7.92. The summed E-state index contributed by atoms with van der Waals surface area (Å²) < 4.78 is 27.4. The van der Waals surface area contributed by atoms with Crippen molar-refractivity contribution in [1.82, 2.24) is 4.31 Å². The molecule has 144 valence electrons. The van der Waals surface area contributed by atoms with Gasteiger partial charge in [-0.25, -0.2) is 8.42 Å². The number of sulfonamides is 1. The van der Waals surface area contributed by atoms with Gasteiger partial charge in [-0.05, 0) is 51.0 Å². The van der Waals surface area contributed by atoms with E-state index in [1.54, 1.807) is 36.4 Å². The minimum Gasteiger partial charge on any atom is -0.325 e. The molecule has 2 heterocycles. The molecule has 0 saturated carbocycles. The maximum absolute atomic E-state index is 12.8. The summed E-state index contributed by atoms with van der Waals surface area (Å²) in [6.07, 6.45) is 1.24. The van der Waals surface area contributed by atoms with Crippen molar-refractivity contribution in [2.45, 2.75) is 30.9 Å². The predicted octanol–water partition coefficient (Wildman–Crippen LogP) is 3.30. The quantitative estimate of drug-likeness (QED) is 0.772. The highest BCUT2D eigenvalue weighted by molar-refractivity contribution is 7.91. The van der Waals surface area contributed by atoms with Crippen molar-refractivity contribution in [2.24, 2.45) is 5.92 Å². The van der Waals surface area contributed by atoms with Gasteiger partial charge in [-0.2, -0.15) is 4.31 Å². The van der Waals surface area contributed by atoms with Gasteiger partial charge in [-0.3, -0.25) is 9.59 Å². The molecule has 1 saturated heterocycles. The van der Waals surface area contributed by atoms with E-state index in [-0.39, 0.29) is 18.2 Å². The van der Waals surface area contributed by atoms with Crippen LogP contribution in [0.25, 0.3) is 0 Å². The lowest BCUT2D eigenvalue weighted by atomic mass is 9.98. The van der Waals surface area contributed by atoms with E-state index in [0.717, 1.165) is 4.88 Å². The van der Waals surface area contributed by atoms with Crippen molar-refractivity contribution in [3.63, 3.8) is 0 Å². The van der Waals surface area contributed by atoms with Crippen LogP contribution in [-0.4, -0.2) is 37.5 Å². The first-order valence-electron chi connectivity index (χ1n) is 8.76. The molecule has 1 aromatic carbocycles. The van der Waals surface area contributed by atoms with E-state index in [0.29, 0.717) is 34.8 Å². The molecule has 8 heteroatoms. The minimum absolute atomic E-state index is 0.133. The maximum Gasteiger partial charge on any atom is 0.252 e. The fraction of sp³-hybridized carbons (Fsp3) is 0.368. The summed E-state index contributed by atoms with van der Waals surface area (Å²) in [5.41, 5.74) is 0.907. The number of nitrogens with one attached hydrogen (secondary N) is 1. The van der Waals surface area contributed by atoms with Gasteiger partial charge in [0.15, 0.2) is 5.78 Å². The van der Waals surface area contributed by atoms with E-state index in [9.17, 15) is 18.0 Å². The Hall–Kier alpha value is -2.03. The summed E-state index contributed by atoms with van der Waals surface area (Å²) in [4.78, 5) is 25.4. The van der Waals surface area contributed by atoms with Gasteiger partial charge >= 0.3 is 0 Å². The van der Waals surface area contributed by atoms with Crippen LogP contribution in [0.5, 0.6) is 0 Å². The highest BCUT2D eigenvalue weighted by Crippen LogP contribution is 2.29. The number of amides is 1. The molecular formula is C19H22N2O4S2. The minimum atomic E-state index is -3.58. The van der Waals surface area contributed by atoms with E-state index in [1.165, 1.54) is 22.6 Å². The Bertz CT molecular complexity index is 966. The molecule has 1 atom stereocenters. The number of anilines is 1. The summed E-state index contributed by atoms with van der Waals surface area (Å²) in [7, 11) is -3.58. The smallest absolute Gasteiger partial charge is 0.252 e. The van der Waals surface area contributed by atoms with E-state index >= 15 is 0 Å². The third kappa shape index (κ3) is 4.28. The van der Waals surface area contributed by atoms with Crippen molar-refractivity contribution in [1.29, 1.82) is 0 Å². The molecular weight excluding hydrogens is 384 g/mol. The van der Waals surface area contributed by atoms with Gasteiger partial charge in [0, 0.05) is 23.5 Å². The zero-order chi connectivity index (χ0) is 19.6. The summed E-state index contributed by atoms with van der Waals surface area (Å²) in [5.74, 6) is -0.840. The number of ketones is 1. The van der Waals surface area contributed by atoms with Crippen LogP contribution in [0.15, 0.2) is 40.6 Å². The van der Waals surface area contributed by atoms with E-state index in [4.69, 9.17) is 0 Å². The van der Waals surface area contributed by atoms with Crippen molar-refractivity contribution in [3.8, 4) is 0 Å². The SMILES string of the molecule is CC(=O)c1ccccc1NC(=O)[C@@H]1CCCN(S(=O)(=O)c2ccc(C)s2)C1. The van der Waals surface area contributed by atoms with Crippen LogP contribution >= 0.6 is 11.3 Å². The van der Waals surface area contributed by atoms with Crippen molar-refractivity contribution in [2.75, 3.05) is 18.4 Å². The second-order valence-electron chi connectivity index (χ2n) is 6.66. The number of carbonyl (C=O) groups excluding carboxylic acids is 2. The Morgan fingerprint density at radius 2 is 1.93 bits per heavy atom. The van der Waals surface area contributed by atoms with Crippen molar-refractivity contribution >= 4 is 38.7 Å². The number of aryl methyl sites for hydroxylation is 1. The Morgan fingerprint density at radius 3 is 2.59 bits per heavy atom. The second-order valence-corrected chi connectivity index (χ2v) is 10.1. The van der Waals surface area contributed by atoms with Crippen LogP contribution in [0.2, 0.25) is 0 Å². The molecule has 0 radical (unpaired) electrons. The van der Waals surface area contributed by atoms with Gasteiger partial charge in [0.05, 0.1) is 11.6 Å². The summed E-state index contributed by atoms with van der Waals surface area (Å²) in [5, 5.41) is 2.80. The van der Waals surface area contributed by atoms with Gasteiger partial charge in [-0.1, -0.05) is 12.1 Å². The molecule has 0 unspecified atom stereocenters. The number of para-hydroxylation sites is 1. The van der Waals surface area contributed by atoms with Crippen LogP contribution in [0.3, 0.4) is 0 Å². The summed E-state index contributed by atoms with van der Waals surface area (Å²) in [6.45, 7) is 3.87. The molecule has 2 aromatic rings. The third-order valence-electron chi connectivity index (χ3n) is 4.63. The Kier molecular flexibility index (Phi) is 5.78. The number of Topliss-reactive ketones (excluding diaryl/α,β-unsaturated/α-hetero) is 1. The molecule has 6 nitrogen and oxygen atoms in total. The molecule has 0 aliphatic carbocycles. The summed E-state index contributed by atoms with van der Waals surface area (Å²) in [6, 6.07) is 10.2. The standard InChI is InChI=1S/C19H22N2O4S2/c1-13-9-10-18(26-13)27(24,25)21-11-5-6-15(12-21)19(23)20-17-8-4-3-7-16(17)14(2)22/h3-4,7-10,15H,5-6,11-12H2,1-2H3,(H,20,23)/t15-/m1/s1. The van der Waals surface area contributed by atoms with Gasteiger partial charge in [0.25, 0.3) is 10.0 Å². The third-order valence-corrected chi connectivity index (χ3v) is 7.96. The lowest BCUT2D eigenvalue weighted by Crippen LogP contribution is -2.43. The molecule has 27 heavy (non-hydrogen) atoms. The number of hydrogen-bond donors (Lipinski definition) is 1. The zero-order valence-corrected chi connectivity index (χ0v) is 16.9. The van der Waals surface area contributed by atoms with E-state index in [2.05, 4.69) is 5.32 Å². The average Bonchev–Trinajstić information content (AvgIpc) is 3.09. The Balaban J connectivity index is 1.75. The van der Waals surface area contributed by atoms with Crippen LogP contribution in [0.4, 0.5) is 5.69 Å². The van der Waals surface area contributed by atoms with Gasteiger partial charge in [-0.15, -0.1) is 11.3 Å². The lowest BCUT2D eigenvalue weighted by molar-refractivity contribution is -0.120. The molecule has 3 rings (SSSR count). The van der Waals surface area contributed by atoms with Gasteiger partial charge in [0.2, 0.25) is 5.91 Å². The molecule has 1 amide bonds. The highest BCUT2D eigenvalue weighted by atomic mass is 32.2. The van der Waals surface area contributed by atoms with E-state index < -0.39 is 15.9 Å². The average molecular weight is 407 g/mol. The van der Waals surface area contributed by atoms with Crippen molar-refractivity contribution in [3.05, 3.63) is 46.8 Å². The number of rotatable bonds is 5. The largest absolute Gasteiger partial charge is 0.325 e. The molecule has 0 bridgehead atoms. The number of benzene rings is 1. The fourth-order valence-corrected chi connectivity index (χ4v) is 6.15. The molecule has 1 N–H and O–H groups in total. The Labute approximate surface area is 163 Å². The lowest BCUT2D eigenvalue weighted by Gasteiger charge is -2.30. The predicted molar refractivity (Wildman–Crippen MR) is 106 cm³/mol. The molecule has 0 spiro atoms. The normalized spacial score (nSPS) is 18.2. The van der Waals surface area contributed by atoms with Crippen LogP contribution in [-0.2, 0) is 14.8 Å². The Morgan fingerprint density at radius 1 is 1.19 bits per heavy atom. The van der Waals surface area contributed by atoms with Gasteiger partial charge < -0.3 is 5.32 Å². The van der Waals surface area contributed by atoms with Crippen LogP contribution in [0.1, 0.15) is 35.0 Å². The van der Waals surface area contributed by atoms with Crippen LogP contribution < -0.4 is 5.32 Å². The summed E-state index contributed by atoms with van der Waals surface area (Å²) >= 11 is 1.24. The first-order valence-corrected chi connectivity index (χ1v) is 11.0. The topological polar surface area (TPSA) is 83.6 Å². The number of nitrogens with zero attached hydrogens (tertiary/aromatic N) is 1. The van der Waals surface area contributed by atoms with Gasteiger partial charge in [0.1, 0.15) is 4.21 Å². The number of piperidine rings is 1. The molecule has 1 fully saturated rings. The molecule has 1 aliphatic heterocycles. The first-order chi connectivity index (χ1) is 12.8. The maximum atomic E-state index is 12.8. The van der Waals surface area contributed by atoms with Crippen molar-refractivity contribution < 1.29 is 18.0 Å². The zero-order valence-electron chi connectivity index (χ0n) is 15.3. The van der Waals surface area contributed by atoms with Crippen LogP contribution in [0, 0.1) is 12.8 Å².